The van der Waals surface area contributed by atoms with E-state index in [0.29, 0.717) is 12.5 Å². The minimum Gasteiger partial charge on any atom is -0.370 e. The van der Waals surface area contributed by atoms with Crippen LogP contribution in [0.4, 0.5) is 21.8 Å². The number of hydrogen-bond acceptors (Lipinski definition) is 4. The molecule has 0 fully saturated rings. The molecule has 0 aliphatic carbocycles. The zero-order chi connectivity index (χ0) is 18.5. The lowest BCUT2D eigenvalue weighted by Gasteiger charge is -2.13. The van der Waals surface area contributed by atoms with Gasteiger partial charge in [-0.3, -0.25) is 0 Å². The fourth-order valence-electron chi connectivity index (χ4n) is 2.82. The summed E-state index contributed by atoms with van der Waals surface area (Å²) in [5, 5.41) is 6.65. The van der Waals surface area contributed by atoms with Crippen molar-refractivity contribution in [3.8, 4) is 0 Å². The predicted molar refractivity (Wildman–Crippen MR) is 105 cm³/mol. The first-order chi connectivity index (χ1) is 12.5. The predicted octanol–water partition coefficient (Wildman–Crippen LogP) is 4.94. The van der Waals surface area contributed by atoms with Crippen molar-refractivity contribution >= 4 is 17.5 Å². The third-order valence-electron chi connectivity index (χ3n) is 4.21. The van der Waals surface area contributed by atoms with Crippen LogP contribution in [-0.4, -0.2) is 16.5 Å². The second-order valence-corrected chi connectivity index (χ2v) is 6.41. The van der Waals surface area contributed by atoms with Gasteiger partial charge in [-0.1, -0.05) is 30.3 Å². The van der Waals surface area contributed by atoms with E-state index < -0.39 is 0 Å². The van der Waals surface area contributed by atoms with E-state index in [9.17, 15) is 4.39 Å². The third-order valence-corrected chi connectivity index (χ3v) is 4.21. The van der Waals surface area contributed by atoms with Gasteiger partial charge in [0.15, 0.2) is 0 Å². The minimum atomic E-state index is -0.213. The zero-order valence-electron chi connectivity index (χ0n) is 15.3. The van der Waals surface area contributed by atoms with Gasteiger partial charge in [0.1, 0.15) is 11.6 Å². The summed E-state index contributed by atoms with van der Waals surface area (Å²) in [6, 6.07) is 14.6. The van der Waals surface area contributed by atoms with Crippen molar-refractivity contribution in [2.24, 2.45) is 0 Å². The number of benzene rings is 2. The Labute approximate surface area is 153 Å². The van der Waals surface area contributed by atoms with Crippen LogP contribution in [0, 0.1) is 26.6 Å². The Hall–Kier alpha value is -2.95. The standard InChI is InChI=1S/C21H23FN4/c1-14-5-4-6-15(2)20(14)26-21-24-16(3)13-19(25-21)23-12-11-17-7-9-18(22)10-8-17/h4-10,13H,11-12H2,1-3H3,(H2,23,24,25,26). The summed E-state index contributed by atoms with van der Waals surface area (Å²) in [6.45, 7) is 6.79. The van der Waals surface area contributed by atoms with E-state index in [2.05, 4.69) is 46.6 Å². The summed E-state index contributed by atoms with van der Waals surface area (Å²) in [5.74, 6) is 1.13. The van der Waals surface area contributed by atoms with Crippen LogP contribution in [0.3, 0.4) is 0 Å². The van der Waals surface area contributed by atoms with E-state index in [-0.39, 0.29) is 5.82 Å². The molecule has 0 radical (unpaired) electrons. The molecule has 0 amide bonds. The normalized spacial score (nSPS) is 10.6. The topological polar surface area (TPSA) is 49.8 Å². The lowest BCUT2D eigenvalue weighted by Crippen LogP contribution is -2.09. The van der Waals surface area contributed by atoms with Crippen molar-refractivity contribution in [1.29, 1.82) is 0 Å². The van der Waals surface area contributed by atoms with Gasteiger partial charge in [0.2, 0.25) is 5.95 Å². The smallest absolute Gasteiger partial charge is 0.229 e. The molecule has 0 saturated carbocycles. The number of nitrogens with one attached hydrogen (secondary N) is 2. The largest absolute Gasteiger partial charge is 0.370 e. The van der Waals surface area contributed by atoms with E-state index in [0.717, 1.165) is 40.3 Å². The fourth-order valence-corrected chi connectivity index (χ4v) is 2.82. The van der Waals surface area contributed by atoms with Gasteiger partial charge in [-0.25, -0.2) is 9.37 Å². The number of para-hydroxylation sites is 1. The van der Waals surface area contributed by atoms with Crippen molar-refractivity contribution in [2.45, 2.75) is 27.2 Å². The number of aryl methyl sites for hydroxylation is 3. The minimum absolute atomic E-state index is 0.213. The fraction of sp³-hybridized carbons (Fsp3) is 0.238. The molecule has 0 bridgehead atoms. The quantitative estimate of drug-likeness (QED) is 0.661. The summed E-state index contributed by atoms with van der Waals surface area (Å²) in [7, 11) is 0. The Morgan fingerprint density at radius 3 is 2.31 bits per heavy atom. The highest BCUT2D eigenvalue weighted by Crippen LogP contribution is 2.23. The van der Waals surface area contributed by atoms with Gasteiger partial charge in [-0.2, -0.15) is 4.98 Å². The molecule has 2 aromatic carbocycles. The molecule has 0 atom stereocenters. The van der Waals surface area contributed by atoms with E-state index in [4.69, 9.17) is 0 Å². The van der Waals surface area contributed by atoms with Crippen LogP contribution < -0.4 is 10.6 Å². The number of anilines is 3. The van der Waals surface area contributed by atoms with E-state index >= 15 is 0 Å². The second-order valence-electron chi connectivity index (χ2n) is 6.41. The first-order valence-electron chi connectivity index (χ1n) is 8.68. The van der Waals surface area contributed by atoms with Gasteiger partial charge in [-0.15, -0.1) is 0 Å². The van der Waals surface area contributed by atoms with Gasteiger partial charge in [0, 0.05) is 24.0 Å². The van der Waals surface area contributed by atoms with Crippen LogP contribution in [0.2, 0.25) is 0 Å². The Morgan fingerprint density at radius 2 is 1.62 bits per heavy atom. The number of hydrogen-bond donors (Lipinski definition) is 2. The molecule has 4 nitrogen and oxygen atoms in total. The number of nitrogens with zero attached hydrogens (tertiary/aromatic N) is 2. The van der Waals surface area contributed by atoms with Gasteiger partial charge >= 0.3 is 0 Å². The van der Waals surface area contributed by atoms with Crippen LogP contribution in [0.5, 0.6) is 0 Å². The SMILES string of the molecule is Cc1cc(NCCc2ccc(F)cc2)nc(Nc2c(C)cccc2C)n1. The molecule has 0 spiro atoms. The molecular formula is C21H23FN4. The van der Waals surface area contributed by atoms with Gasteiger partial charge in [0.25, 0.3) is 0 Å². The summed E-state index contributed by atoms with van der Waals surface area (Å²) in [4.78, 5) is 9.05. The van der Waals surface area contributed by atoms with Crippen LogP contribution >= 0.6 is 0 Å². The molecule has 0 aliphatic heterocycles. The third kappa shape index (κ3) is 4.57. The molecule has 0 unspecified atom stereocenters. The highest BCUT2D eigenvalue weighted by atomic mass is 19.1. The van der Waals surface area contributed by atoms with Gasteiger partial charge in [0.05, 0.1) is 0 Å². The highest BCUT2D eigenvalue weighted by Gasteiger charge is 2.07. The van der Waals surface area contributed by atoms with Crippen molar-refractivity contribution in [2.75, 3.05) is 17.2 Å². The Morgan fingerprint density at radius 1 is 0.923 bits per heavy atom. The summed E-state index contributed by atoms with van der Waals surface area (Å²) in [6.07, 6.45) is 0.795. The molecule has 2 N–H and O–H groups in total. The monoisotopic (exact) mass is 350 g/mol. The lowest BCUT2D eigenvalue weighted by molar-refractivity contribution is 0.627. The van der Waals surface area contributed by atoms with Crippen LogP contribution in [0.25, 0.3) is 0 Å². The van der Waals surface area contributed by atoms with Crippen LogP contribution in [0.15, 0.2) is 48.5 Å². The van der Waals surface area contributed by atoms with E-state index in [1.165, 1.54) is 12.1 Å². The maximum absolute atomic E-state index is 13.0. The second kappa shape index (κ2) is 7.95. The van der Waals surface area contributed by atoms with Crippen molar-refractivity contribution in [3.63, 3.8) is 0 Å². The first-order valence-corrected chi connectivity index (χ1v) is 8.68. The Bertz CT molecular complexity index is 871. The number of halogens is 1. The zero-order valence-corrected chi connectivity index (χ0v) is 15.3. The first kappa shape index (κ1) is 17.9. The molecule has 3 aromatic rings. The average molecular weight is 350 g/mol. The van der Waals surface area contributed by atoms with Crippen molar-refractivity contribution < 1.29 is 4.39 Å². The maximum atomic E-state index is 13.0. The van der Waals surface area contributed by atoms with E-state index in [1.54, 1.807) is 12.1 Å². The molecule has 0 saturated heterocycles. The summed E-state index contributed by atoms with van der Waals surface area (Å²) in [5.41, 5.74) is 5.31. The van der Waals surface area contributed by atoms with E-state index in [1.807, 2.05) is 19.1 Å². The molecule has 26 heavy (non-hydrogen) atoms. The maximum Gasteiger partial charge on any atom is 0.229 e. The molecule has 5 heteroatoms. The summed E-state index contributed by atoms with van der Waals surface area (Å²) >= 11 is 0. The molecule has 1 aromatic heterocycles. The lowest BCUT2D eigenvalue weighted by atomic mass is 10.1. The van der Waals surface area contributed by atoms with Crippen molar-refractivity contribution in [3.05, 3.63) is 76.7 Å². The number of rotatable bonds is 6. The molecule has 134 valence electrons. The molecule has 0 aliphatic rings. The molecule has 1 heterocycles. The highest BCUT2D eigenvalue weighted by molar-refractivity contribution is 5.63. The number of aromatic nitrogens is 2. The van der Waals surface area contributed by atoms with Crippen molar-refractivity contribution in [1.82, 2.24) is 9.97 Å². The molecular weight excluding hydrogens is 327 g/mol. The van der Waals surface area contributed by atoms with Gasteiger partial charge < -0.3 is 10.6 Å². The molecule has 3 rings (SSSR count). The van der Waals surface area contributed by atoms with Gasteiger partial charge in [-0.05, 0) is 56.0 Å². The Balaban J connectivity index is 1.68. The summed E-state index contributed by atoms with van der Waals surface area (Å²) < 4.78 is 13.0. The Kier molecular flexibility index (Phi) is 5.46. The average Bonchev–Trinajstić information content (AvgIpc) is 2.60. The van der Waals surface area contributed by atoms with Crippen LogP contribution in [0.1, 0.15) is 22.4 Å². The van der Waals surface area contributed by atoms with Crippen LogP contribution in [-0.2, 0) is 6.42 Å².